The maximum absolute atomic E-state index is 13.4. The third-order valence-electron chi connectivity index (χ3n) is 3.91. The SMILES string of the molecule is COC(=O)c1scc(C)c1S(=O)(=O)NCc1nc2ccc(F)cc2n1C. The Bertz CT molecular complexity index is 1100. The van der Waals surface area contributed by atoms with Gasteiger partial charge in [0, 0.05) is 7.05 Å². The van der Waals surface area contributed by atoms with Gasteiger partial charge < -0.3 is 9.30 Å². The minimum absolute atomic E-state index is 0.0181. The number of thiophene rings is 1. The normalized spacial score (nSPS) is 11.8. The van der Waals surface area contributed by atoms with Crippen LogP contribution in [0.2, 0.25) is 0 Å². The molecule has 0 aliphatic carbocycles. The average Bonchev–Trinajstić information content (AvgIpc) is 3.14. The summed E-state index contributed by atoms with van der Waals surface area (Å²) in [6.07, 6.45) is 0. The number of carbonyl (C=O) groups excluding carboxylic acids is 1. The van der Waals surface area contributed by atoms with Crippen LogP contribution in [0.5, 0.6) is 0 Å². The molecule has 26 heavy (non-hydrogen) atoms. The maximum atomic E-state index is 13.4. The quantitative estimate of drug-likeness (QED) is 0.668. The van der Waals surface area contributed by atoms with Crippen molar-refractivity contribution in [2.24, 2.45) is 7.05 Å². The van der Waals surface area contributed by atoms with E-state index < -0.39 is 21.8 Å². The highest BCUT2D eigenvalue weighted by Gasteiger charge is 2.27. The molecule has 0 radical (unpaired) electrons. The molecule has 0 amide bonds. The molecule has 0 aliphatic heterocycles. The number of imidazole rings is 1. The fourth-order valence-corrected chi connectivity index (χ4v) is 5.29. The largest absolute Gasteiger partial charge is 0.465 e. The molecule has 0 unspecified atom stereocenters. The number of carbonyl (C=O) groups is 1. The van der Waals surface area contributed by atoms with Crippen LogP contribution in [0.25, 0.3) is 11.0 Å². The zero-order chi connectivity index (χ0) is 19.1. The molecular weight excluding hydrogens is 381 g/mol. The van der Waals surface area contributed by atoms with Crippen LogP contribution in [0, 0.1) is 12.7 Å². The van der Waals surface area contributed by atoms with E-state index in [9.17, 15) is 17.6 Å². The monoisotopic (exact) mass is 397 g/mol. The lowest BCUT2D eigenvalue weighted by molar-refractivity contribution is 0.0602. The second kappa shape index (κ2) is 6.78. The van der Waals surface area contributed by atoms with Gasteiger partial charge in [0.2, 0.25) is 10.0 Å². The molecule has 1 N–H and O–H groups in total. The predicted octanol–water partition coefficient (Wildman–Crippen LogP) is 2.35. The van der Waals surface area contributed by atoms with Crippen LogP contribution in [0.4, 0.5) is 4.39 Å². The van der Waals surface area contributed by atoms with Crippen molar-refractivity contribution >= 4 is 38.4 Å². The van der Waals surface area contributed by atoms with E-state index in [-0.39, 0.29) is 16.3 Å². The van der Waals surface area contributed by atoms with Gasteiger partial charge in [0.05, 0.1) is 24.7 Å². The number of methoxy groups -OCH3 is 1. The van der Waals surface area contributed by atoms with Crippen LogP contribution in [0.15, 0.2) is 28.5 Å². The summed E-state index contributed by atoms with van der Waals surface area (Å²) in [5.74, 6) is -0.687. The zero-order valence-corrected chi connectivity index (χ0v) is 15.9. The lowest BCUT2D eigenvalue weighted by atomic mass is 10.3. The second-order valence-corrected chi connectivity index (χ2v) is 8.20. The van der Waals surface area contributed by atoms with E-state index in [4.69, 9.17) is 0 Å². The third kappa shape index (κ3) is 3.22. The van der Waals surface area contributed by atoms with Gasteiger partial charge in [-0.3, -0.25) is 0 Å². The Labute approximate surface area is 153 Å². The van der Waals surface area contributed by atoms with Crippen LogP contribution < -0.4 is 4.72 Å². The Kier molecular flexibility index (Phi) is 4.82. The average molecular weight is 397 g/mol. The molecule has 3 aromatic rings. The molecular formula is C16H16FN3O4S2. The van der Waals surface area contributed by atoms with Crippen LogP contribution >= 0.6 is 11.3 Å². The lowest BCUT2D eigenvalue weighted by Gasteiger charge is -2.08. The van der Waals surface area contributed by atoms with Gasteiger partial charge in [-0.05, 0) is 36.1 Å². The van der Waals surface area contributed by atoms with Crippen LogP contribution in [0.3, 0.4) is 0 Å². The minimum Gasteiger partial charge on any atom is -0.465 e. The number of esters is 1. The van der Waals surface area contributed by atoms with Crippen LogP contribution in [-0.4, -0.2) is 31.0 Å². The minimum atomic E-state index is -3.96. The van der Waals surface area contributed by atoms with E-state index in [1.807, 2.05) is 0 Å². The Morgan fingerprint density at radius 3 is 2.85 bits per heavy atom. The summed E-state index contributed by atoms with van der Waals surface area (Å²) >= 11 is 1.01. The molecule has 0 fully saturated rings. The number of hydrogen-bond donors (Lipinski definition) is 1. The summed E-state index contributed by atoms with van der Waals surface area (Å²) in [7, 11) is -1.09. The number of nitrogens with one attached hydrogen (secondary N) is 1. The molecule has 3 rings (SSSR count). The van der Waals surface area contributed by atoms with Crippen molar-refractivity contribution in [2.75, 3.05) is 7.11 Å². The number of benzene rings is 1. The summed E-state index contributed by atoms with van der Waals surface area (Å²) in [6, 6.07) is 4.15. The number of sulfonamides is 1. The summed E-state index contributed by atoms with van der Waals surface area (Å²) in [6.45, 7) is 1.50. The number of fused-ring (bicyclic) bond motifs is 1. The number of halogens is 1. The van der Waals surface area contributed by atoms with Gasteiger partial charge in [-0.2, -0.15) is 0 Å². The molecule has 0 saturated carbocycles. The zero-order valence-electron chi connectivity index (χ0n) is 14.2. The van der Waals surface area contributed by atoms with Gasteiger partial charge in [0.1, 0.15) is 21.4 Å². The van der Waals surface area contributed by atoms with Crippen LogP contribution in [0.1, 0.15) is 21.1 Å². The summed E-state index contributed by atoms with van der Waals surface area (Å²) in [4.78, 5) is 16.1. The first kappa shape index (κ1) is 18.5. The molecule has 2 aromatic heterocycles. The Morgan fingerprint density at radius 2 is 2.15 bits per heavy atom. The highest BCUT2D eigenvalue weighted by Crippen LogP contribution is 2.27. The molecule has 7 nitrogen and oxygen atoms in total. The first-order valence-corrected chi connectivity index (χ1v) is 9.88. The maximum Gasteiger partial charge on any atom is 0.349 e. The molecule has 0 saturated heterocycles. The number of hydrogen-bond acceptors (Lipinski definition) is 6. The highest BCUT2D eigenvalue weighted by atomic mass is 32.2. The van der Waals surface area contributed by atoms with Gasteiger partial charge in [-0.1, -0.05) is 0 Å². The number of nitrogens with zero attached hydrogens (tertiary/aromatic N) is 2. The highest BCUT2D eigenvalue weighted by molar-refractivity contribution is 7.89. The van der Waals surface area contributed by atoms with Gasteiger partial charge in [0.25, 0.3) is 0 Å². The molecule has 1 aromatic carbocycles. The van der Waals surface area contributed by atoms with Gasteiger partial charge in [-0.15, -0.1) is 11.3 Å². The number of ether oxygens (including phenoxy) is 1. The molecule has 0 aliphatic rings. The Balaban J connectivity index is 1.92. The standard InChI is InChI=1S/C16H16FN3O4S2/c1-9-8-25-14(16(21)24-3)15(9)26(22,23)18-7-13-19-11-5-4-10(17)6-12(11)20(13)2/h4-6,8,18H,7H2,1-3H3. The summed E-state index contributed by atoms with van der Waals surface area (Å²) < 4.78 is 47.5. The van der Waals surface area contributed by atoms with Crippen LogP contribution in [-0.2, 0) is 28.4 Å². The van der Waals surface area contributed by atoms with Crippen molar-refractivity contribution in [2.45, 2.75) is 18.4 Å². The van der Waals surface area contributed by atoms with Gasteiger partial charge in [-0.25, -0.2) is 27.3 Å². The van der Waals surface area contributed by atoms with E-state index in [0.29, 0.717) is 22.4 Å². The fourth-order valence-electron chi connectivity index (χ4n) is 2.60. The number of aryl methyl sites for hydroxylation is 2. The summed E-state index contributed by atoms with van der Waals surface area (Å²) in [5.41, 5.74) is 1.57. The van der Waals surface area contributed by atoms with E-state index in [2.05, 4.69) is 14.4 Å². The first-order valence-electron chi connectivity index (χ1n) is 7.51. The van der Waals surface area contributed by atoms with E-state index in [1.165, 1.54) is 25.3 Å². The first-order chi connectivity index (χ1) is 12.2. The molecule has 0 spiro atoms. The van der Waals surface area contributed by atoms with Crippen molar-refractivity contribution in [3.8, 4) is 0 Å². The van der Waals surface area contributed by atoms with Gasteiger partial charge in [0.15, 0.2) is 0 Å². The molecule has 138 valence electrons. The Hall–Kier alpha value is -2.30. The molecule has 2 heterocycles. The smallest absolute Gasteiger partial charge is 0.349 e. The molecule has 10 heteroatoms. The lowest BCUT2D eigenvalue weighted by Crippen LogP contribution is -2.26. The number of rotatable bonds is 5. The van der Waals surface area contributed by atoms with E-state index >= 15 is 0 Å². The summed E-state index contributed by atoms with van der Waals surface area (Å²) in [5, 5.41) is 1.58. The second-order valence-electron chi connectivity index (χ2n) is 5.61. The third-order valence-corrected chi connectivity index (χ3v) is 6.71. The molecule has 0 bridgehead atoms. The van der Waals surface area contributed by atoms with E-state index in [1.54, 1.807) is 23.9 Å². The van der Waals surface area contributed by atoms with E-state index in [0.717, 1.165) is 11.3 Å². The van der Waals surface area contributed by atoms with Crippen molar-refractivity contribution in [1.82, 2.24) is 14.3 Å². The van der Waals surface area contributed by atoms with Gasteiger partial charge >= 0.3 is 5.97 Å². The predicted molar refractivity (Wildman–Crippen MR) is 95.1 cm³/mol. The number of aromatic nitrogens is 2. The molecule has 0 atom stereocenters. The topological polar surface area (TPSA) is 90.3 Å². The fraction of sp³-hybridized carbons (Fsp3) is 0.250. The van der Waals surface area contributed by atoms with Crippen molar-refractivity contribution in [3.05, 3.63) is 45.7 Å². The van der Waals surface area contributed by atoms with Crippen molar-refractivity contribution < 1.29 is 22.3 Å². The van der Waals surface area contributed by atoms with Crippen molar-refractivity contribution in [1.29, 1.82) is 0 Å². The van der Waals surface area contributed by atoms with Crippen molar-refractivity contribution in [3.63, 3.8) is 0 Å². The Morgan fingerprint density at radius 1 is 1.42 bits per heavy atom.